The molecule has 0 bridgehead atoms. The minimum atomic E-state index is -0.243. The van der Waals surface area contributed by atoms with Crippen LogP contribution in [0.15, 0.2) is 46.9 Å². The summed E-state index contributed by atoms with van der Waals surface area (Å²) in [5.41, 5.74) is 1.61. The fourth-order valence-corrected chi connectivity index (χ4v) is 2.40. The number of nitrogens with one attached hydrogen (secondary N) is 1. The molecule has 0 fully saturated rings. The monoisotopic (exact) mass is 337 g/mol. The van der Waals surface area contributed by atoms with Gasteiger partial charge >= 0.3 is 0 Å². The van der Waals surface area contributed by atoms with Gasteiger partial charge in [-0.3, -0.25) is 0 Å². The minimum Gasteiger partial charge on any atom is -0.487 e. The summed E-state index contributed by atoms with van der Waals surface area (Å²) in [6.45, 7) is 3.88. The lowest BCUT2D eigenvalue weighted by molar-refractivity contribution is 0.294. The van der Waals surface area contributed by atoms with E-state index in [-0.39, 0.29) is 12.4 Å². The van der Waals surface area contributed by atoms with Gasteiger partial charge in [0.15, 0.2) is 0 Å². The highest BCUT2D eigenvalue weighted by Crippen LogP contribution is 2.30. The molecule has 0 saturated heterocycles. The fraction of sp³-hybridized carbons (Fsp3) is 0.250. The minimum absolute atomic E-state index is 0.217. The Bertz CT molecular complexity index is 574. The van der Waals surface area contributed by atoms with Gasteiger partial charge in [-0.15, -0.1) is 0 Å². The summed E-state index contributed by atoms with van der Waals surface area (Å²) < 4.78 is 20.3. The summed E-state index contributed by atoms with van der Waals surface area (Å²) in [5.74, 6) is 0.518. The summed E-state index contributed by atoms with van der Waals surface area (Å²) in [6.07, 6.45) is 0. The van der Waals surface area contributed by atoms with E-state index < -0.39 is 0 Å². The first-order valence-electron chi connectivity index (χ1n) is 6.56. The quantitative estimate of drug-likeness (QED) is 0.849. The second kappa shape index (κ2) is 7.41. The number of hydrogen-bond donors (Lipinski definition) is 1. The highest BCUT2D eigenvalue weighted by Gasteiger charge is 2.09. The van der Waals surface area contributed by atoms with Crippen molar-refractivity contribution >= 4 is 15.9 Å². The zero-order valence-corrected chi connectivity index (χ0v) is 12.9. The lowest BCUT2D eigenvalue weighted by Crippen LogP contribution is -2.13. The van der Waals surface area contributed by atoms with Gasteiger partial charge in [0.25, 0.3) is 0 Å². The van der Waals surface area contributed by atoms with Crippen molar-refractivity contribution in [2.45, 2.75) is 20.1 Å². The molecule has 0 aromatic heterocycles. The number of rotatable bonds is 6. The molecule has 0 amide bonds. The van der Waals surface area contributed by atoms with Crippen LogP contribution in [0.3, 0.4) is 0 Å². The maximum atomic E-state index is 13.6. The van der Waals surface area contributed by atoms with Gasteiger partial charge in [-0.1, -0.05) is 37.3 Å². The number of ether oxygens (including phenoxy) is 1. The van der Waals surface area contributed by atoms with Crippen molar-refractivity contribution in [3.63, 3.8) is 0 Å². The van der Waals surface area contributed by atoms with Crippen molar-refractivity contribution in [3.05, 3.63) is 63.9 Å². The molecule has 2 aromatic rings. The summed E-state index contributed by atoms with van der Waals surface area (Å²) in [6, 6.07) is 12.5. The van der Waals surface area contributed by atoms with Crippen molar-refractivity contribution in [1.29, 1.82) is 0 Å². The predicted octanol–water partition coefficient (Wildman–Crippen LogP) is 4.28. The first-order chi connectivity index (χ1) is 9.72. The Labute approximate surface area is 127 Å². The van der Waals surface area contributed by atoms with Gasteiger partial charge in [-0.2, -0.15) is 0 Å². The molecular formula is C16H17BrFNO. The van der Waals surface area contributed by atoms with E-state index >= 15 is 0 Å². The third-order valence-corrected chi connectivity index (χ3v) is 3.57. The van der Waals surface area contributed by atoms with Gasteiger partial charge in [0.1, 0.15) is 18.2 Å². The van der Waals surface area contributed by atoms with E-state index in [0.29, 0.717) is 5.56 Å². The van der Waals surface area contributed by atoms with Crippen molar-refractivity contribution in [1.82, 2.24) is 5.32 Å². The highest BCUT2D eigenvalue weighted by molar-refractivity contribution is 9.10. The summed E-state index contributed by atoms with van der Waals surface area (Å²) >= 11 is 3.48. The Hall–Kier alpha value is -1.39. The van der Waals surface area contributed by atoms with Crippen LogP contribution in [-0.4, -0.2) is 6.54 Å². The van der Waals surface area contributed by atoms with Gasteiger partial charge in [0.2, 0.25) is 0 Å². The largest absolute Gasteiger partial charge is 0.487 e. The maximum Gasteiger partial charge on any atom is 0.138 e. The van der Waals surface area contributed by atoms with Crippen LogP contribution < -0.4 is 10.1 Å². The van der Waals surface area contributed by atoms with Crippen LogP contribution >= 0.6 is 15.9 Å². The molecule has 0 heterocycles. The second-order valence-corrected chi connectivity index (χ2v) is 5.24. The molecule has 0 saturated carbocycles. The molecule has 1 N–H and O–H groups in total. The molecule has 20 heavy (non-hydrogen) atoms. The number of benzene rings is 2. The summed E-state index contributed by atoms with van der Waals surface area (Å²) in [7, 11) is 0. The zero-order valence-electron chi connectivity index (χ0n) is 11.3. The van der Waals surface area contributed by atoms with E-state index in [1.165, 1.54) is 6.07 Å². The van der Waals surface area contributed by atoms with Crippen molar-refractivity contribution in [3.8, 4) is 5.75 Å². The molecule has 2 rings (SSSR count). The van der Waals surface area contributed by atoms with E-state index in [1.807, 2.05) is 18.2 Å². The molecule has 106 valence electrons. The zero-order chi connectivity index (χ0) is 14.4. The van der Waals surface area contributed by atoms with Crippen LogP contribution in [0.25, 0.3) is 0 Å². The molecule has 0 aliphatic carbocycles. The van der Waals surface area contributed by atoms with Crippen LogP contribution in [-0.2, 0) is 13.2 Å². The van der Waals surface area contributed by atoms with Crippen LogP contribution in [0.4, 0.5) is 4.39 Å². The number of halogens is 2. The normalized spacial score (nSPS) is 10.6. The Morgan fingerprint density at radius 2 is 1.85 bits per heavy atom. The fourth-order valence-electron chi connectivity index (χ4n) is 1.88. The van der Waals surface area contributed by atoms with Crippen LogP contribution in [0.2, 0.25) is 0 Å². The Balaban J connectivity index is 2.14. The van der Waals surface area contributed by atoms with E-state index in [0.717, 1.165) is 28.9 Å². The van der Waals surface area contributed by atoms with Crippen LogP contribution in [0.5, 0.6) is 5.75 Å². The third kappa shape index (κ3) is 3.81. The third-order valence-electron chi connectivity index (χ3n) is 2.94. The van der Waals surface area contributed by atoms with Gasteiger partial charge in [0, 0.05) is 17.7 Å². The van der Waals surface area contributed by atoms with Crippen molar-refractivity contribution in [2.75, 3.05) is 6.54 Å². The molecule has 2 aromatic carbocycles. The van der Waals surface area contributed by atoms with E-state index in [4.69, 9.17) is 4.74 Å². The van der Waals surface area contributed by atoms with E-state index in [2.05, 4.69) is 28.2 Å². The van der Waals surface area contributed by atoms with Crippen LogP contribution in [0, 0.1) is 5.82 Å². The standard InChI is InChI=1S/C16H17BrFNO/c1-2-19-10-12-7-5-8-14(17)16(12)20-11-13-6-3-4-9-15(13)18/h3-9,19H,2,10-11H2,1H3. The molecule has 0 atom stereocenters. The number of para-hydroxylation sites is 1. The van der Waals surface area contributed by atoms with Crippen molar-refractivity contribution < 1.29 is 9.13 Å². The first-order valence-corrected chi connectivity index (χ1v) is 7.36. The molecule has 0 aliphatic rings. The molecule has 0 unspecified atom stereocenters. The van der Waals surface area contributed by atoms with E-state index in [9.17, 15) is 4.39 Å². The Morgan fingerprint density at radius 1 is 1.10 bits per heavy atom. The summed E-state index contributed by atoms with van der Waals surface area (Å²) in [4.78, 5) is 0. The van der Waals surface area contributed by atoms with Gasteiger partial charge in [-0.05, 0) is 34.6 Å². The lowest BCUT2D eigenvalue weighted by atomic mass is 10.2. The highest BCUT2D eigenvalue weighted by atomic mass is 79.9. The van der Waals surface area contributed by atoms with Gasteiger partial charge in [0.05, 0.1) is 4.47 Å². The van der Waals surface area contributed by atoms with Gasteiger partial charge < -0.3 is 10.1 Å². The maximum absolute atomic E-state index is 13.6. The van der Waals surface area contributed by atoms with Gasteiger partial charge in [-0.25, -0.2) is 4.39 Å². The number of hydrogen-bond acceptors (Lipinski definition) is 2. The first kappa shape index (κ1) is 15.0. The molecule has 2 nitrogen and oxygen atoms in total. The predicted molar refractivity (Wildman–Crippen MR) is 82.3 cm³/mol. The molecule has 0 aliphatic heterocycles. The summed E-state index contributed by atoms with van der Waals surface area (Å²) in [5, 5.41) is 3.27. The lowest BCUT2D eigenvalue weighted by Gasteiger charge is -2.14. The van der Waals surface area contributed by atoms with E-state index in [1.54, 1.807) is 18.2 Å². The molecular weight excluding hydrogens is 321 g/mol. The molecule has 4 heteroatoms. The second-order valence-electron chi connectivity index (χ2n) is 4.39. The smallest absolute Gasteiger partial charge is 0.138 e. The SMILES string of the molecule is CCNCc1cccc(Br)c1OCc1ccccc1F. The average molecular weight is 338 g/mol. The average Bonchev–Trinajstić information content (AvgIpc) is 2.45. The van der Waals surface area contributed by atoms with Crippen LogP contribution in [0.1, 0.15) is 18.1 Å². The Morgan fingerprint density at radius 3 is 2.60 bits per heavy atom. The molecule has 0 radical (unpaired) electrons. The topological polar surface area (TPSA) is 21.3 Å². The molecule has 0 spiro atoms. The van der Waals surface area contributed by atoms with Crippen molar-refractivity contribution in [2.24, 2.45) is 0 Å². The Kier molecular flexibility index (Phi) is 5.56.